The summed E-state index contributed by atoms with van der Waals surface area (Å²) in [6, 6.07) is 3.61. The monoisotopic (exact) mass is 227 g/mol. The molecule has 0 saturated heterocycles. The Bertz CT molecular complexity index is 340. The molecule has 3 nitrogen and oxygen atoms in total. The van der Waals surface area contributed by atoms with Crippen molar-refractivity contribution in [3.63, 3.8) is 0 Å². The summed E-state index contributed by atoms with van der Waals surface area (Å²) in [7, 11) is 0. The predicted octanol–water partition coefficient (Wildman–Crippen LogP) is 1.95. The molecule has 3 N–H and O–H groups in total. The Morgan fingerprint density at radius 3 is 2.69 bits per heavy atom. The average molecular weight is 227 g/mol. The van der Waals surface area contributed by atoms with E-state index in [1.807, 2.05) is 13.8 Å². The first-order valence-corrected chi connectivity index (χ1v) is 5.43. The largest absolute Gasteiger partial charge is 0.508 e. The van der Waals surface area contributed by atoms with Gasteiger partial charge in [0, 0.05) is 17.6 Å². The summed E-state index contributed by atoms with van der Waals surface area (Å²) in [6.07, 6.45) is 0.775. The molecule has 0 fully saturated rings. The Balaban J connectivity index is 2.79. The van der Waals surface area contributed by atoms with Crippen molar-refractivity contribution >= 4 is 0 Å². The molecule has 1 rings (SSSR count). The third-order valence-electron chi connectivity index (χ3n) is 2.65. The van der Waals surface area contributed by atoms with Crippen LogP contribution in [0, 0.1) is 5.82 Å². The van der Waals surface area contributed by atoms with Crippen LogP contribution in [0.1, 0.15) is 31.9 Å². The summed E-state index contributed by atoms with van der Waals surface area (Å²) >= 11 is 0. The highest BCUT2D eigenvalue weighted by atomic mass is 19.1. The number of aromatic hydroxyl groups is 1. The van der Waals surface area contributed by atoms with E-state index in [2.05, 4.69) is 5.32 Å². The van der Waals surface area contributed by atoms with Gasteiger partial charge in [-0.15, -0.1) is 0 Å². The van der Waals surface area contributed by atoms with Crippen molar-refractivity contribution in [2.75, 3.05) is 6.61 Å². The summed E-state index contributed by atoms with van der Waals surface area (Å²) in [5.74, 6) is -0.312. The molecule has 0 saturated carbocycles. The SMILES string of the molecule is CC[C@@H](CO)NC(C)c1cc(F)ccc1O. The molecule has 1 aromatic carbocycles. The third-order valence-corrected chi connectivity index (χ3v) is 2.65. The lowest BCUT2D eigenvalue weighted by Gasteiger charge is -2.21. The van der Waals surface area contributed by atoms with Crippen molar-refractivity contribution < 1.29 is 14.6 Å². The minimum absolute atomic E-state index is 0.0247. The van der Waals surface area contributed by atoms with Gasteiger partial charge in [0.15, 0.2) is 0 Å². The number of benzene rings is 1. The number of phenols is 1. The summed E-state index contributed by atoms with van der Waals surface area (Å²) in [6.45, 7) is 3.80. The van der Waals surface area contributed by atoms with Gasteiger partial charge in [-0.2, -0.15) is 0 Å². The molecule has 2 atom stereocenters. The summed E-state index contributed by atoms with van der Waals surface area (Å²) in [4.78, 5) is 0. The van der Waals surface area contributed by atoms with Crippen molar-refractivity contribution in [1.29, 1.82) is 0 Å². The van der Waals surface area contributed by atoms with Crippen LogP contribution in [0.2, 0.25) is 0 Å². The van der Waals surface area contributed by atoms with E-state index in [9.17, 15) is 9.50 Å². The zero-order valence-corrected chi connectivity index (χ0v) is 9.57. The van der Waals surface area contributed by atoms with Crippen LogP contribution in [0.25, 0.3) is 0 Å². The smallest absolute Gasteiger partial charge is 0.123 e. The zero-order chi connectivity index (χ0) is 12.1. The lowest BCUT2D eigenvalue weighted by atomic mass is 10.1. The summed E-state index contributed by atoms with van der Waals surface area (Å²) in [5.41, 5.74) is 0.506. The van der Waals surface area contributed by atoms with Gasteiger partial charge in [-0.25, -0.2) is 4.39 Å². The molecule has 1 unspecified atom stereocenters. The number of aliphatic hydroxyl groups excluding tert-OH is 1. The van der Waals surface area contributed by atoms with E-state index in [4.69, 9.17) is 5.11 Å². The van der Waals surface area contributed by atoms with Gasteiger partial charge < -0.3 is 15.5 Å². The fourth-order valence-electron chi connectivity index (χ4n) is 1.62. The molecule has 0 radical (unpaired) electrons. The van der Waals surface area contributed by atoms with E-state index in [0.717, 1.165) is 6.42 Å². The fourth-order valence-corrected chi connectivity index (χ4v) is 1.62. The normalized spacial score (nSPS) is 14.8. The molecule has 4 heteroatoms. The molecule has 0 aromatic heterocycles. The second-order valence-corrected chi connectivity index (χ2v) is 3.88. The minimum Gasteiger partial charge on any atom is -0.508 e. The predicted molar refractivity (Wildman–Crippen MR) is 60.8 cm³/mol. The van der Waals surface area contributed by atoms with E-state index in [1.54, 1.807) is 0 Å². The first kappa shape index (κ1) is 12.9. The number of halogens is 1. The van der Waals surface area contributed by atoms with Crippen LogP contribution in [0.5, 0.6) is 5.75 Å². The standard InChI is InChI=1S/C12H18FNO2/c1-3-10(7-15)14-8(2)11-6-9(13)4-5-12(11)16/h4-6,8,10,14-16H,3,7H2,1-2H3/t8?,10-/m0/s1. The maximum Gasteiger partial charge on any atom is 0.123 e. The van der Waals surface area contributed by atoms with Crippen LogP contribution in [-0.2, 0) is 0 Å². The number of nitrogens with one attached hydrogen (secondary N) is 1. The van der Waals surface area contributed by atoms with E-state index >= 15 is 0 Å². The zero-order valence-electron chi connectivity index (χ0n) is 9.57. The van der Waals surface area contributed by atoms with Gasteiger partial charge in [0.1, 0.15) is 11.6 Å². The summed E-state index contributed by atoms with van der Waals surface area (Å²) in [5, 5.41) is 21.8. The number of hydrogen-bond acceptors (Lipinski definition) is 3. The Kier molecular flexibility index (Phi) is 4.71. The first-order chi connectivity index (χ1) is 7.58. The molecule has 0 aliphatic heterocycles. The van der Waals surface area contributed by atoms with Gasteiger partial charge in [0.25, 0.3) is 0 Å². The number of aliphatic hydroxyl groups is 1. The highest BCUT2D eigenvalue weighted by Gasteiger charge is 2.14. The van der Waals surface area contributed by atoms with Crippen LogP contribution >= 0.6 is 0 Å². The molecule has 0 heterocycles. The van der Waals surface area contributed by atoms with E-state index in [1.165, 1.54) is 18.2 Å². The second-order valence-electron chi connectivity index (χ2n) is 3.88. The molecule has 0 bridgehead atoms. The molecule has 16 heavy (non-hydrogen) atoms. The van der Waals surface area contributed by atoms with Gasteiger partial charge >= 0.3 is 0 Å². The van der Waals surface area contributed by atoms with E-state index < -0.39 is 0 Å². The van der Waals surface area contributed by atoms with Crippen LogP contribution in [0.3, 0.4) is 0 Å². The van der Waals surface area contributed by atoms with Crippen LogP contribution in [0.15, 0.2) is 18.2 Å². The van der Waals surface area contributed by atoms with E-state index in [0.29, 0.717) is 5.56 Å². The van der Waals surface area contributed by atoms with E-state index in [-0.39, 0.29) is 30.3 Å². The molecule has 0 amide bonds. The quantitative estimate of drug-likeness (QED) is 0.720. The lowest BCUT2D eigenvalue weighted by molar-refractivity contribution is 0.229. The van der Waals surface area contributed by atoms with Gasteiger partial charge in [-0.05, 0) is 31.5 Å². The highest BCUT2D eigenvalue weighted by Crippen LogP contribution is 2.25. The lowest BCUT2D eigenvalue weighted by Crippen LogP contribution is -2.33. The van der Waals surface area contributed by atoms with Crippen LogP contribution in [0.4, 0.5) is 4.39 Å². The van der Waals surface area contributed by atoms with Gasteiger partial charge in [0.2, 0.25) is 0 Å². The van der Waals surface area contributed by atoms with Crippen molar-refractivity contribution in [3.05, 3.63) is 29.6 Å². The summed E-state index contributed by atoms with van der Waals surface area (Å²) < 4.78 is 13.0. The Morgan fingerprint density at radius 2 is 2.12 bits per heavy atom. The first-order valence-electron chi connectivity index (χ1n) is 5.43. The highest BCUT2D eigenvalue weighted by molar-refractivity contribution is 5.34. The Hall–Kier alpha value is -1.13. The van der Waals surface area contributed by atoms with Gasteiger partial charge in [-0.1, -0.05) is 6.92 Å². The van der Waals surface area contributed by atoms with Gasteiger partial charge in [0.05, 0.1) is 6.61 Å². The molecule has 90 valence electrons. The maximum atomic E-state index is 13.0. The average Bonchev–Trinajstić information content (AvgIpc) is 2.28. The minimum atomic E-state index is -0.376. The molecular weight excluding hydrogens is 209 g/mol. The third kappa shape index (κ3) is 3.18. The fraction of sp³-hybridized carbons (Fsp3) is 0.500. The molecule has 0 spiro atoms. The molecule has 1 aromatic rings. The molecular formula is C12H18FNO2. The van der Waals surface area contributed by atoms with Crippen LogP contribution < -0.4 is 5.32 Å². The van der Waals surface area contributed by atoms with Crippen molar-refractivity contribution in [2.45, 2.75) is 32.4 Å². The van der Waals surface area contributed by atoms with Crippen molar-refractivity contribution in [3.8, 4) is 5.75 Å². The number of phenolic OH excluding ortho intramolecular Hbond substituents is 1. The van der Waals surface area contributed by atoms with Crippen molar-refractivity contribution in [2.24, 2.45) is 0 Å². The molecule has 0 aliphatic rings. The topological polar surface area (TPSA) is 52.5 Å². The Labute approximate surface area is 94.9 Å². The van der Waals surface area contributed by atoms with Gasteiger partial charge in [-0.3, -0.25) is 0 Å². The number of hydrogen-bond donors (Lipinski definition) is 3. The van der Waals surface area contributed by atoms with Crippen molar-refractivity contribution in [1.82, 2.24) is 5.32 Å². The molecule has 0 aliphatic carbocycles. The van der Waals surface area contributed by atoms with Crippen LogP contribution in [-0.4, -0.2) is 22.9 Å². The Morgan fingerprint density at radius 1 is 1.44 bits per heavy atom. The maximum absolute atomic E-state index is 13.0. The second kappa shape index (κ2) is 5.82. The number of rotatable bonds is 5.